The first-order chi connectivity index (χ1) is 6.72. The van der Waals surface area contributed by atoms with Crippen LogP contribution in [0.5, 0.6) is 0 Å². The number of hydrogen-bond donors (Lipinski definition) is 1. The van der Waals surface area contributed by atoms with Crippen molar-refractivity contribution >= 4 is 17.9 Å². The summed E-state index contributed by atoms with van der Waals surface area (Å²) < 4.78 is 0. The molecule has 14 heavy (non-hydrogen) atoms. The van der Waals surface area contributed by atoms with Crippen LogP contribution in [0.1, 0.15) is 52.4 Å². The van der Waals surface area contributed by atoms with Crippen LogP contribution in [0.4, 0.5) is 4.79 Å². The second-order valence-corrected chi connectivity index (χ2v) is 4.07. The van der Waals surface area contributed by atoms with Crippen molar-refractivity contribution in [3.8, 4) is 0 Å². The average molecular weight is 217 g/mol. The van der Waals surface area contributed by atoms with Crippen molar-refractivity contribution in [2.24, 2.45) is 0 Å². The molecule has 0 aromatic heterocycles. The number of rotatable bonds is 8. The van der Waals surface area contributed by atoms with E-state index < -0.39 is 0 Å². The largest absolute Gasteiger partial charge is 0.334 e. The molecule has 1 amide bonds. The van der Waals surface area contributed by atoms with Gasteiger partial charge in [0, 0.05) is 13.1 Å². The fraction of sp³-hybridized carbons (Fsp3) is 0.909. The van der Waals surface area contributed by atoms with Crippen molar-refractivity contribution in [3.63, 3.8) is 0 Å². The molecule has 0 saturated heterocycles. The highest BCUT2D eigenvalue weighted by atomic mass is 32.1. The molecule has 0 unspecified atom stereocenters. The molecule has 0 spiro atoms. The summed E-state index contributed by atoms with van der Waals surface area (Å²) in [6, 6.07) is 0. The molecule has 2 nitrogen and oxygen atoms in total. The number of hydrogen-bond acceptors (Lipinski definition) is 1. The van der Waals surface area contributed by atoms with E-state index in [-0.39, 0.29) is 5.24 Å². The van der Waals surface area contributed by atoms with E-state index in [4.69, 9.17) is 0 Å². The van der Waals surface area contributed by atoms with Crippen molar-refractivity contribution in [3.05, 3.63) is 0 Å². The van der Waals surface area contributed by atoms with E-state index in [0.717, 1.165) is 25.9 Å². The Kier molecular flexibility index (Phi) is 9.26. The molecule has 84 valence electrons. The number of nitrogens with zero attached hydrogens (tertiary/aromatic N) is 1. The fourth-order valence-electron chi connectivity index (χ4n) is 1.41. The normalized spacial score (nSPS) is 10.2. The Bertz CT molecular complexity index is 140. The standard InChI is InChI=1S/C11H23NOS/c1-3-5-7-9-12(11(13)14)10-8-6-4-2/h3-10H2,1-2H3,(H,13,14). The van der Waals surface area contributed by atoms with Gasteiger partial charge in [0.25, 0.3) is 5.24 Å². The Labute approximate surface area is 93.5 Å². The van der Waals surface area contributed by atoms with Gasteiger partial charge in [0.1, 0.15) is 0 Å². The van der Waals surface area contributed by atoms with Gasteiger partial charge in [-0.15, -0.1) is 0 Å². The molecule has 0 radical (unpaired) electrons. The highest BCUT2D eigenvalue weighted by Gasteiger charge is 2.07. The average Bonchev–Trinajstić information content (AvgIpc) is 2.15. The molecule has 0 aliphatic heterocycles. The molecule has 0 heterocycles. The van der Waals surface area contributed by atoms with Crippen LogP contribution in [0.2, 0.25) is 0 Å². The summed E-state index contributed by atoms with van der Waals surface area (Å²) in [7, 11) is 0. The number of carbonyl (C=O) groups is 1. The van der Waals surface area contributed by atoms with Crippen LogP contribution in [-0.4, -0.2) is 23.2 Å². The van der Waals surface area contributed by atoms with Crippen molar-refractivity contribution in [1.82, 2.24) is 4.90 Å². The molecule has 0 bridgehead atoms. The van der Waals surface area contributed by atoms with Gasteiger partial charge in [-0.1, -0.05) is 52.2 Å². The monoisotopic (exact) mass is 217 g/mol. The molecule has 0 aliphatic carbocycles. The molecule has 0 aromatic carbocycles. The summed E-state index contributed by atoms with van der Waals surface area (Å²) in [6.07, 6.45) is 7.01. The number of amides is 1. The molecule has 0 aromatic rings. The van der Waals surface area contributed by atoms with E-state index in [0.29, 0.717) is 0 Å². The third-order valence-corrected chi connectivity index (χ3v) is 2.62. The van der Waals surface area contributed by atoms with Gasteiger partial charge >= 0.3 is 0 Å². The second-order valence-electron chi connectivity index (χ2n) is 3.68. The maximum atomic E-state index is 11.1. The van der Waals surface area contributed by atoms with Gasteiger partial charge in [-0.2, -0.15) is 0 Å². The quantitative estimate of drug-likeness (QED) is 0.485. The van der Waals surface area contributed by atoms with E-state index in [1.54, 1.807) is 0 Å². The second kappa shape index (κ2) is 9.38. The lowest BCUT2D eigenvalue weighted by molar-refractivity contribution is 0.221. The van der Waals surface area contributed by atoms with Gasteiger partial charge in [0.05, 0.1) is 0 Å². The third kappa shape index (κ3) is 7.25. The van der Waals surface area contributed by atoms with Gasteiger partial charge in [-0.25, -0.2) is 0 Å². The molecule has 3 heteroatoms. The van der Waals surface area contributed by atoms with Crippen molar-refractivity contribution < 1.29 is 4.79 Å². The summed E-state index contributed by atoms with van der Waals surface area (Å²) >= 11 is 3.88. The molecule has 0 fully saturated rings. The van der Waals surface area contributed by atoms with E-state index in [1.807, 2.05) is 4.90 Å². The van der Waals surface area contributed by atoms with Gasteiger partial charge in [0.2, 0.25) is 0 Å². The van der Waals surface area contributed by atoms with Gasteiger partial charge < -0.3 is 4.90 Å². The van der Waals surface area contributed by atoms with Crippen LogP contribution in [0.3, 0.4) is 0 Å². The maximum absolute atomic E-state index is 11.1. The molecule has 0 aliphatic rings. The van der Waals surface area contributed by atoms with E-state index >= 15 is 0 Å². The van der Waals surface area contributed by atoms with Crippen LogP contribution < -0.4 is 0 Å². The summed E-state index contributed by atoms with van der Waals surface area (Å²) in [5.41, 5.74) is 0. The van der Waals surface area contributed by atoms with Crippen LogP contribution >= 0.6 is 12.6 Å². The maximum Gasteiger partial charge on any atom is 0.278 e. The van der Waals surface area contributed by atoms with Gasteiger partial charge in [-0.05, 0) is 12.8 Å². The van der Waals surface area contributed by atoms with Gasteiger partial charge in [-0.3, -0.25) is 4.79 Å². The topological polar surface area (TPSA) is 20.3 Å². The summed E-state index contributed by atoms with van der Waals surface area (Å²) in [5.74, 6) is 0. The highest BCUT2D eigenvalue weighted by molar-refractivity contribution is 7.96. The van der Waals surface area contributed by atoms with Crippen molar-refractivity contribution in [2.75, 3.05) is 13.1 Å². The molecular formula is C11H23NOS. The SMILES string of the molecule is CCCCCN(CCCCC)C(=O)S. The Morgan fingerprint density at radius 2 is 1.43 bits per heavy atom. The minimum absolute atomic E-state index is 0.0720. The Morgan fingerprint density at radius 1 is 1.00 bits per heavy atom. The van der Waals surface area contributed by atoms with Crippen LogP contribution in [-0.2, 0) is 0 Å². The molecule has 0 rings (SSSR count). The minimum atomic E-state index is -0.0720. The molecule has 0 saturated carbocycles. The zero-order chi connectivity index (χ0) is 10.8. The predicted molar refractivity (Wildman–Crippen MR) is 65.0 cm³/mol. The molecule has 0 N–H and O–H groups in total. The Balaban J connectivity index is 3.61. The first-order valence-corrected chi connectivity index (χ1v) is 6.15. The third-order valence-electron chi connectivity index (χ3n) is 2.33. The Hall–Kier alpha value is -0.180. The van der Waals surface area contributed by atoms with Crippen LogP contribution in [0.15, 0.2) is 0 Å². The zero-order valence-electron chi connectivity index (χ0n) is 9.46. The summed E-state index contributed by atoms with van der Waals surface area (Å²) in [4.78, 5) is 13.0. The fourth-order valence-corrected chi connectivity index (χ4v) is 1.61. The number of carbonyl (C=O) groups excluding carboxylic acids is 1. The first kappa shape index (κ1) is 13.8. The highest BCUT2D eigenvalue weighted by Crippen LogP contribution is 2.05. The zero-order valence-corrected chi connectivity index (χ0v) is 10.4. The lowest BCUT2D eigenvalue weighted by Gasteiger charge is -2.19. The van der Waals surface area contributed by atoms with Crippen LogP contribution in [0, 0.1) is 0 Å². The number of thiol groups is 1. The van der Waals surface area contributed by atoms with E-state index in [1.165, 1.54) is 25.7 Å². The number of unbranched alkanes of at least 4 members (excludes halogenated alkanes) is 4. The summed E-state index contributed by atoms with van der Waals surface area (Å²) in [6.45, 7) is 6.09. The van der Waals surface area contributed by atoms with E-state index in [9.17, 15) is 4.79 Å². The lowest BCUT2D eigenvalue weighted by Crippen LogP contribution is -2.28. The molecule has 0 atom stereocenters. The van der Waals surface area contributed by atoms with Crippen molar-refractivity contribution in [2.45, 2.75) is 52.4 Å². The lowest BCUT2D eigenvalue weighted by atomic mass is 10.2. The smallest absolute Gasteiger partial charge is 0.278 e. The van der Waals surface area contributed by atoms with Crippen molar-refractivity contribution in [1.29, 1.82) is 0 Å². The van der Waals surface area contributed by atoms with E-state index in [2.05, 4.69) is 26.5 Å². The minimum Gasteiger partial charge on any atom is -0.334 e. The van der Waals surface area contributed by atoms with Crippen LogP contribution in [0.25, 0.3) is 0 Å². The first-order valence-electron chi connectivity index (χ1n) is 5.70. The summed E-state index contributed by atoms with van der Waals surface area (Å²) in [5, 5.41) is -0.0720. The molecular weight excluding hydrogens is 194 g/mol. The Morgan fingerprint density at radius 3 is 1.71 bits per heavy atom. The predicted octanol–water partition coefficient (Wildman–Crippen LogP) is 3.72. The van der Waals surface area contributed by atoms with Gasteiger partial charge in [0.15, 0.2) is 0 Å².